The summed E-state index contributed by atoms with van der Waals surface area (Å²) in [5.74, 6) is 0. The number of aliphatic hydroxyl groups is 1. The maximum absolute atomic E-state index is 8.82. The average molecular weight is 216 g/mol. The fraction of sp³-hybridized carbons (Fsp3) is 1.00. The molecule has 1 atom stereocenters. The van der Waals surface area contributed by atoms with Crippen LogP contribution in [-0.2, 0) is 4.74 Å². The van der Waals surface area contributed by atoms with Gasteiger partial charge in [0.05, 0.1) is 6.61 Å². The molecule has 1 aliphatic heterocycles. The number of aliphatic hydroxyl groups excluding tert-OH is 1. The van der Waals surface area contributed by atoms with Gasteiger partial charge < -0.3 is 20.5 Å². The molecule has 0 aromatic carbocycles. The highest BCUT2D eigenvalue weighted by Gasteiger charge is 2.34. The number of ether oxygens (including phenoxy) is 1. The second kappa shape index (κ2) is 6.43. The number of rotatable bonds is 7. The van der Waals surface area contributed by atoms with Crippen LogP contribution in [0.2, 0.25) is 0 Å². The highest BCUT2D eigenvalue weighted by molar-refractivity contribution is 4.87. The topological polar surface area (TPSA) is 58.7 Å². The molecule has 0 aliphatic carbocycles. The fourth-order valence-electron chi connectivity index (χ4n) is 2.12. The van der Waals surface area contributed by atoms with Crippen molar-refractivity contribution in [1.82, 2.24) is 4.90 Å². The lowest BCUT2D eigenvalue weighted by Gasteiger charge is -2.32. The van der Waals surface area contributed by atoms with Crippen LogP contribution in [0.25, 0.3) is 0 Å². The number of hydrogen-bond acceptors (Lipinski definition) is 4. The van der Waals surface area contributed by atoms with Gasteiger partial charge >= 0.3 is 0 Å². The molecule has 1 aliphatic rings. The molecule has 0 bridgehead atoms. The molecule has 15 heavy (non-hydrogen) atoms. The van der Waals surface area contributed by atoms with Crippen LogP contribution in [0.1, 0.15) is 19.8 Å². The van der Waals surface area contributed by atoms with Gasteiger partial charge in [-0.1, -0.05) is 6.92 Å². The lowest BCUT2D eigenvalue weighted by molar-refractivity contribution is 0.113. The summed E-state index contributed by atoms with van der Waals surface area (Å²) in [5, 5.41) is 8.82. The summed E-state index contributed by atoms with van der Waals surface area (Å²) in [6.45, 7) is 7.72. The Bertz CT molecular complexity index is 170. The second-order valence-electron chi connectivity index (χ2n) is 4.45. The number of nitrogens with zero attached hydrogens (tertiary/aromatic N) is 1. The van der Waals surface area contributed by atoms with Crippen molar-refractivity contribution in [2.45, 2.75) is 19.8 Å². The van der Waals surface area contributed by atoms with Crippen LogP contribution in [0.15, 0.2) is 0 Å². The van der Waals surface area contributed by atoms with Gasteiger partial charge in [0.25, 0.3) is 0 Å². The van der Waals surface area contributed by atoms with E-state index < -0.39 is 0 Å². The van der Waals surface area contributed by atoms with Crippen molar-refractivity contribution < 1.29 is 9.84 Å². The van der Waals surface area contributed by atoms with E-state index in [9.17, 15) is 0 Å². The Balaban J connectivity index is 2.40. The Labute approximate surface area is 92.4 Å². The predicted octanol–water partition coefficient (Wildman–Crippen LogP) is 0.0561. The molecule has 1 unspecified atom stereocenters. The molecule has 1 heterocycles. The van der Waals surface area contributed by atoms with E-state index in [0.717, 1.165) is 45.7 Å². The van der Waals surface area contributed by atoms with Gasteiger partial charge in [-0.2, -0.15) is 0 Å². The zero-order chi connectivity index (χ0) is 11.1. The lowest BCUT2D eigenvalue weighted by atomic mass is 9.87. The molecule has 3 N–H and O–H groups in total. The molecule has 1 saturated heterocycles. The van der Waals surface area contributed by atoms with Crippen LogP contribution in [0.4, 0.5) is 0 Å². The van der Waals surface area contributed by atoms with E-state index in [1.54, 1.807) is 0 Å². The van der Waals surface area contributed by atoms with Gasteiger partial charge in [0.2, 0.25) is 0 Å². The van der Waals surface area contributed by atoms with Crippen molar-refractivity contribution in [3.63, 3.8) is 0 Å². The largest absolute Gasteiger partial charge is 0.396 e. The van der Waals surface area contributed by atoms with Gasteiger partial charge in [-0.3, -0.25) is 0 Å². The van der Waals surface area contributed by atoms with Crippen molar-refractivity contribution >= 4 is 0 Å². The third-order valence-electron chi connectivity index (χ3n) is 3.26. The minimum Gasteiger partial charge on any atom is -0.396 e. The third-order valence-corrected chi connectivity index (χ3v) is 3.26. The molecule has 0 aromatic rings. The first-order chi connectivity index (χ1) is 7.26. The van der Waals surface area contributed by atoms with Gasteiger partial charge in [0, 0.05) is 38.3 Å². The number of hydrogen-bond donors (Lipinski definition) is 2. The molecule has 4 heteroatoms. The first-order valence-electron chi connectivity index (χ1n) is 5.87. The van der Waals surface area contributed by atoms with Crippen molar-refractivity contribution in [1.29, 1.82) is 0 Å². The normalized spacial score (nSPS) is 26.4. The Kier molecular flexibility index (Phi) is 5.53. The minimum absolute atomic E-state index is 0.158. The van der Waals surface area contributed by atoms with Gasteiger partial charge in [-0.25, -0.2) is 0 Å². The minimum atomic E-state index is 0.158. The summed E-state index contributed by atoms with van der Waals surface area (Å²) in [4.78, 5) is 2.36. The predicted molar refractivity (Wildman–Crippen MR) is 60.7 cm³/mol. The molecule has 4 nitrogen and oxygen atoms in total. The Hall–Kier alpha value is -0.160. The van der Waals surface area contributed by atoms with Crippen molar-refractivity contribution in [2.24, 2.45) is 11.1 Å². The molecule has 90 valence electrons. The molecule has 0 aromatic heterocycles. The summed E-state index contributed by atoms with van der Waals surface area (Å²) in [6, 6.07) is 0. The van der Waals surface area contributed by atoms with Crippen LogP contribution in [0.5, 0.6) is 0 Å². The van der Waals surface area contributed by atoms with E-state index >= 15 is 0 Å². The highest BCUT2D eigenvalue weighted by Crippen LogP contribution is 2.28. The Morgan fingerprint density at radius 2 is 2.33 bits per heavy atom. The van der Waals surface area contributed by atoms with Gasteiger partial charge in [0.15, 0.2) is 0 Å². The van der Waals surface area contributed by atoms with E-state index in [1.165, 1.54) is 0 Å². The highest BCUT2D eigenvalue weighted by atomic mass is 16.5. The summed E-state index contributed by atoms with van der Waals surface area (Å²) >= 11 is 0. The molecular weight excluding hydrogens is 192 g/mol. The van der Waals surface area contributed by atoms with Crippen molar-refractivity contribution in [3.05, 3.63) is 0 Å². The summed E-state index contributed by atoms with van der Waals surface area (Å²) in [6.07, 6.45) is 1.91. The first kappa shape index (κ1) is 12.9. The molecule has 1 rings (SSSR count). The molecule has 1 fully saturated rings. The van der Waals surface area contributed by atoms with Crippen LogP contribution in [-0.4, -0.2) is 56.0 Å². The van der Waals surface area contributed by atoms with E-state index in [0.29, 0.717) is 6.54 Å². The monoisotopic (exact) mass is 216 g/mol. The first-order valence-corrected chi connectivity index (χ1v) is 5.87. The SMILES string of the molecule is CCN(CCCO)CC1(CN)CCOC1. The summed E-state index contributed by atoms with van der Waals surface area (Å²) in [7, 11) is 0. The van der Waals surface area contributed by atoms with Crippen LogP contribution in [0.3, 0.4) is 0 Å². The Morgan fingerprint density at radius 1 is 1.53 bits per heavy atom. The van der Waals surface area contributed by atoms with Crippen LogP contribution < -0.4 is 5.73 Å². The zero-order valence-corrected chi connectivity index (χ0v) is 9.74. The van der Waals surface area contributed by atoms with E-state index in [-0.39, 0.29) is 12.0 Å². The lowest BCUT2D eigenvalue weighted by Crippen LogP contribution is -2.43. The quantitative estimate of drug-likeness (QED) is 0.631. The molecule has 0 amide bonds. The van der Waals surface area contributed by atoms with E-state index in [2.05, 4.69) is 11.8 Å². The van der Waals surface area contributed by atoms with Crippen molar-refractivity contribution in [2.75, 3.05) is 46.0 Å². The van der Waals surface area contributed by atoms with Crippen molar-refractivity contribution in [3.8, 4) is 0 Å². The van der Waals surface area contributed by atoms with E-state index in [4.69, 9.17) is 15.6 Å². The second-order valence-corrected chi connectivity index (χ2v) is 4.45. The molecule has 0 saturated carbocycles. The maximum Gasteiger partial charge on any atom is 0.0547 e. The van der Waals surface area contributed by atoms with Crippen LogP contribution >= 0.6 is 0 Å². The standard InChI is InChI=1S/C11H24N2O2/c1-2-13(5-3-6-14)9-11(8-12)4-7-15-10-11/h14H,2-10,12H2,1H3. The maximum atomic E-state index is 8.82. The summed E-state index contributed by atoms with van der Waals surface area (Å²) < 4.78 is 5.45. The Morgan fingerprint density at radius 3 is 2.80 bits per heavy atom. The van der Waals surface area contributed by atoms with Gasteiger partial charge in [-0.05, 0) is 19.4 Å². The summed E-state index contributed by atoms with van der Waals surface area (Å²) in [5.41, 5.74) is 6.00. The fourth-order valence-corrected chi connectivity index (χ4v) is 2.12. The average Bonchev–Trinajstić information content (AvgIpc) is 2.73. The van der Waals surface area contributed by atoms with Gasteiger partial charge in [-0.15, -0.1) is 0 Å². The smallest absolute Gasteiger partial charge is 0.0547 e. The zero-order valence-electron chi connectivity index (χ0n) is 9.74. The molecular formula is C11H24N2O2. The van der Waals surface area contributed by atoms with Crippen LogP contribution in [0, 0.1) is 5.41 Å². The third kappa shape index (κ3) is 3.72. The number of nitrogens with two attached hydrogens (primary N) is 1. The molecule has 0 spiro atoms. The van der Waals surface area contributed by atoms with E-state index in [1.807, 2.05) is 0 Å². The molecule has 0 radical (unpaired) electrons. The van der Waals surface area contributed by atoms with Gasteiger partial charge in [0.1, 0.15) is 0 Å².